The minimum Gasteiger partial charge on any atom is -0.456 e. The Morgan fingerprint density at radius 3 is 1.61 bits per heavy atom. The van der Waals surface area contributed by atoms with Crippen LogP contribution >= 0.6 is 0 Å². The quantitative estimate of drug-likeness (QED) is 0.163. The lowest BCUT2D eigenvalue weighted by Gasteiger charge is -2.27. The van der Waals surface area contributed by atoms with Crippen molar-refractivity contribution in [3.8, 4) is 39.1 Å². The smallest absolute Gasteiger partial charge is 0.136 e. The number of nitrogens with zero attached hydrogens (tertiary/aromatic N) is 2. The van der Waals surface area contributed by atoms with E-state index in [9.17, 15) is 0 Å². The van der Waals surface area contributed by atoms with Crippen LogP contribution in [0.15, 0.2) is 223 Å². The van der Waals surface area contributed by atoms with E-state index in [1.54, 1.807) is 0 Å². The van der Waals surface area contributed by atoms with Gasteiger partial charge in [-0.25, -0.2) is 0 Å². The molecule has 0 saturated heterocycles. The maximum Gasteiger partial charge on any atom is 0.136 e. The minimum atomic E-state index is 0.897. The van der Waals surface area contributed by atoms with E-state index in [0.717, 1.165) is 61.4 Å². The fraction of sp³-hybridized carbons (Fsp3) is 0. The predicted octanol–water partition coefficient (Wildman–Crippen LogP) is 15.2. The molecule has 11 aromatic rings. The van der Waals surface area contributed by atoms with E-state index in [0.29, 0.717) is 0 Å². The largest absolute Gasteiger partial charge is 0.456 e. The van der Waals surface area contributed by atoms with Crippen molar-refractivity contribution in [3.63, 3.8) is 0 Å². The van der Waals surface area contributed by atoms with E-state index in [-0.39, 0.29) is 0 Å². The average molecular weight is 729 g/mol. The molecule has 0 aliphatic rings. The molecule has 0 amide bonds. The molecule has 0 N–H and O–H groups in total. The standard InChI is InChI=1S/C54H36N2O/c1-2-15-37(16-3-1)44-21-4-5-22-45(44)39-17-12-18-41(35-39)55(40-33-31-38(32-34-40)46-26-14-30-53-54(46)49-25-8-11-29-52(49)57-53)42-19-13-20-43(36-42)56-50-27-9-6-23-47(50)48-24-7-10-28-51(48)56/h1-36H. The molecule has 0 fully saturated rings. The Morgan fingerprint density at radius 2 is 0.860 bits per heavy atom. The summed E-state index contributed by atoms with van der Waals surface area (Å²) in [5, 5.41) is 4.76. The number of rotatable bonds is 7. The monoisotopic (exact) mass is 728 g/mol. The number of anilines is 3. The Labute approximate surface area is 330 Å². The van der Waals surface area contributed by atoms with Gasteiger partial charge in [0.2, 0.25) is 0 Å². The summed E-state index contributed by atoms with van der Waals surface area (Å²) < 4.78 is 8.65. The molecule has 57 heavy (non-hydrogen) atoms. The van der Waals surface area contributed by atoms with Gasteiger partial charge in [0, 0.05) is 44.3 Å². The molecule has 0 atom stereocenters. The lowest BCUT2D eigenvalue weighted by molar-refractivity contribution is 0.669. The van der Waals surface area contributed by atoms with Gasteiger partial charge < -0.3 is 13.9 Å². The van der Waals surface area contributed by atoms with Crippen LogP contribution in [0.5, 0.6) is 0 Å². The molecule has 2 aromatic heterocycles. The van der Waals surface area contributed by atoms with Crippen LogP contribution in [0.2, 0.25) is 0 Å². The van der Waals surface area contributed by atoms with Gasteiger partial charge in [0.15, 0.2) is 0 Å². The number of aromatic nitrogens is 1. The van der Waals surface area contributed by atoms with Crippen molar-refractivity contribution in [1.29, 1.82) is 0 Å². The van der Waals surface area contributed by atoms with E-state index in [1.165, 1.54) is 38.5 Å². The highest BCUT2D eigenvalue weighted by Crippen LogP contribution is 2.42. The number of furan rings is 1. The van der Waals surface area contributed by atoms with Crippen molar-refractivity contribution in [3.05, 3.63) is 218 Å². The van der Waals surface area contributed by atoms with Gasteiger partial charge in [-0.15, -0.1) is 0 Å². The van der Waals surface area contributed by atoms with E-state index in [4.69, 9.17) is 4.42 Å². The van der Waals surface area contributed by atoms with Crippen LogP contribution in [0.4, 0.5) is 17.1 Å². The molecule has 268 valence electrons. The first kappa shape index (κ1) is 32.8. The highest BCUT2D eigenvalue weighted by atomic mass is 16.3. The van der Waals surface area contributed by atoms with Gasteiger partial charge in [0.25, 0.3) is 0 Å². The number of hydrogen-bond donors (Lipinski definition) is 0. The molecule has 0 aliphatic heterocycles. The molecule has 0 aliphatic carbocycles. The van der Waals surface area contributed by atoms with Gasteiger partial charge in [-0.05, 0) is 100 Å². The summed E-state index contributed by atoms with van der Waals surface area (Å²) in [6, 6.07) is 78.2. The first-order valence-corrected chi connectivity index (χ1v) is 19.4. The normalized spacial score (nSPS) is 11.5. The van der Waals surface area contributed by atoms with Gasteiger partial charge in [0.1, 0.15) is 11.2 Å². The Bertz CT molecular complexity index is 3190. The number of para-hydroxylation sites is 3. The minimum absolute atomic E-state index is 0.897. The molecule has 3 nitrogen and oxygen atoms in total. The van der Waals surface area contributed by atoms with Crippen molar-refractivity contribution >= 4 is 60.8 Å². The Morgan fingerprint density at radius 1 is 0.333 bits per heavy atom. The molecule has 0 unspecified atom stereocenters. The van der Waals surface area contributed by atoms with Crippen LogP contribution in [-0.2, 0) is 0 Å². The van der Waals surface area contributed by atoms with Crippen LogP contribution < -0.4 is 4.90 Å². The van der Waals surface area contributed by atoms with Crippen LogP contribution in [0.25, 0.3) is 82.8 Å². The van der Waals surface area contributed by atoms with Crippen LogP contribution in [0.1, 0.15) is 0 Å². The van der Waals surface area contributed by atoms with Gasteiger partial charge in [-0.3, -0.25) is 0 Å². The summed E-state index contributed by atoms with van der Waals surface area (Å²) in [6.07, 6.45) is 0. The van der Waals surface area contributed by atoms with Crippen molar-refractivity contribution < 1.29 is 4.42 Å². The zero-order valence-electron chi connectivity index (χ0n) is 31.1. The van der Waals surface area contributed by atoms with Crippen LogP contribution in [0.3, 0.4) is 0 Å². The van der Waals surface area contributed by atoms with Gasteiger partial charge in [-0.2, -0.15) is 0 Å². The summed E-state index contributed by atoms with van der Waals surface area (Å²) in [7, 11) is 0. The fourth-order valence-electron chi connectivity index (χ4n) is 8.64. The average Bonchev–Trinajstić information content (AvgIpc) is 3.84. The van der Waals surface area contributed by atoms with Crippen molar-refractivity contribution in [2.24, 2.45) is 0 Å². The molecule has 3 heteroatoms. The molecule has 9 aromatic carbocycles. The summed E-state index contributed by atoms with van der Waals surface area (Å²) in [6.45, 7) is 0. The molecular weight excluding hydrogens is 693 g/mol. The highest BCUT2D eigenvalue weighted by molar-refractivity contribution is 6.12. The second kappa shape index (κ2) is 13.6. The van der Waals surface area contributed by atoms with Crippen LogP contribution in [-0.4, -0.2) is 4.57 Å². The second-order valence-electron chi connectivity index (χ2n) is 14.5. The second-order valence-corrected chi connectivity index (χ2v) is 14.5. The molecule has 11 rings (SSSR count). The first-order chi connectivity index (χ1) is 28.3. The molecular formula is C54H36N2O. The van der Waals surface area contributed by atoms with E-state index < -0.39 is 0 Å². The topological polar surface area (TPSA) is 21.3 Å². The number of fused-ring (bicyclic) bond motifs is 6. The lowest BCUT2D eigenvalue weighted by atomic mass is 9.94. The van der Waals surface area contributed by atoms with Gasteiger partial charge in [0.05, 0.1) is 11.0 Å². The lowest BCUT2D eigenvalue weighted by Crippen LogP contribution is -2.10. The van der Waals surface area contributed by atoms with Gasteiger partial charge in [-0.1, -0.05) is 152 Å². The first-order valence-electron chi connectivity index (χ1n) is 19.4. The zero-order chi connectivity index (χ0) is 37.7. The molecule has 0 radical (unpaired) electrons. The maximum atomic E-state index is 6.26. The summed E-state index contributed by atoms with van der Waals surface area (Å²) in [5.74, 6) is 0. The number of hydrogen-bond acceptors (Lipinski definition) is 2. The third-order valence-corrected chi connectivity index (χ3v) is 11.2. The highest BCUT2D eigenvalue weighted by Gasteiger charge is 2.19. The van der Waals surface area contributed by atoms with E-state index in [1.807, 2.05) is 12.1 Å². The third-order valence-electron chi connectivity index (χ3n) is 11.2. The fourth-order valence-corrected chi connectivity index (χ4v) is 8.64. The van der Waals surface area contributed by atoms with Crippen molar-refractivity contribution in [2.75, 3.05) is 4.90 Å². The van der Waals surface area contributed by atoms with Crippen molar-refractivity contribution in [1.82, 2.24) is 4.57 Å². The Balaban J connectivity index is 1.08. The molecule has 0 bridgehead atoms. The molecule has 2 heterocycles. The number of benzene rings is 9. The van der Waals surface area contributed by atoms with Gasteiger partial charge >= 0.3 is 0 Å². The zero-order valence-corrected chi connectivity index (χ0v) is 31.1. The van der Waals surface area contributed by atoms with Crippen LogP contribution in [0, 0.1) is 0 Å². The summed E-state index contributed by atoms with van der Waals surface area (Å²) in [5.41, 5.74) is 15.5. The SMILES string of the molecule is c1ccc(-c2ccccc2-c2cccc(N(c3ccc(-c4cccc5oc6ccccc6c45)cc3)c3cccc(-n4c5ccccc5c5ccccc54)c3)c2)cc1. The summed E-state index contributed by atoms with van der Waals surface area (Å²) in [4.78, 5) is 2.38. The summed E-state index contributed by atoms with van der Waals surface area (Å²) >= 11 is 0. The molecule has 0 spiro atoms. The molecule has 0 saturated carbocycles. The van der Waals surface area contributed by atoms with Crippen molar-refractivity contribution in [2.45, 2.75) is 0 Å². The maximum absolute atomic E-state index is 6.26. The Hall–Kier alpha value is -7.62. The van der Waals surface area contributed by atoms with E-state index in [2.05, 4.69) is 216 Å². The third kappa shape index (κ3) is 5.60. The Kier molecular flexibility index (Phi) is 7.82. The predicted molar refractivity (Wildman–Crippen MR) is 239 cm³/mol. The van der Waals surface area contributed by atoms with E-state index >= 15 is 0 Å².